The molecule has 1 unspecified atom stereocenters. The molecular formula is C13H28N4. The van der Waals surface area contributed by atoms with E-state index in [2.05, 4.69) is 41.1 Å². The summed E-state index contributed by atoms with van der Waals surface area (Å²) in [5.74, 6) is 0.844. The van der Waals surface area contributed by atoms with E-state index in [0.717, 1.165) is 5.92 Å². The fraction of sp³-hybridized carbons (Fsp3) is 1.00. The Morgan fingerprint density at radius 1 is 1.06 bits per heavy atom. The molecule has 4 nitrogen and oxygen atoms in total. The number of piperazine rings is 1. The Morgan fingerprint density at radius 3 is 2.41 bits per heavy atom. The summed E-state index contributed by atoms with van der Waals surface area (Å²) in [6.45, 7) is 13.0. The van der Waals surface area contributed by atoms with Crippen molar-refractivity contribution in [3.8, 4) is 0 Å². The van der Waals surface area contributed by atoms with Crippen LogP contribution in [0.25, 0.3) is 0 Å². The Kier molecular flexibility index (Phi) is 4.79. The van der Waals surface area contributed by atoms with Crippen LogP contribution in [0.5, 0.6) is 0 Å². The highest BCUT2D eigenvalue weighted by atomic mass is 15.6. The molecule has 2 rings (SSSR count). The SMILES string of the molecule is CC(C)NCC1CCN(N2CCN(C)CC2)C1. The van der Waals surface area contributed by atoms with Gasteiger partial charge in [-0.15, -0.1) is 0 Å². The number of hydrogen-bond donors (Lipinski definition) is 1. The van der Waals surface area contributed by atoms with Crippen LogP contribution >= 0.6 is 0 Å². The number of hydrazine groups is 1. The Labute approximate surface area is 106 Å². The van der Waals surface area contributed by atoms with E-state index in [1.807, 2.05) is 0 Å². The van der Waals surface area contributed by atoms with Gasteiger partial charge in [0.2, 0.25) is 0 Å². The third-order valence-electron chi connectivity index (χ3n) is 3.96. The van der Waals surface area contributed by atoms with Crippen LogP contribution < -0.4 is 5.32 Å². The maximum Gasteiger partial charge on any atom is 0.0261 e. The zero-order valence-electron chi connectivity index (χ0n) is 11.7. The lowest BCUT2D eigenvalue weighted by atomic mass is 10.1. The lowest BCUT2D eigenvalue weighted by molar-refractivity contribution is -0.0382. The molecule has 100 valence electrons. The summed E-state index contributed by atoms with van der Waals surface area (Å²) in [6.07, 6.45) is 1.35. The predicted octanol–water partition coefficient (Wildman–Crippen LogP) is 0.469. The molecule has 0 aromatic heterocycles. The topological polar surface area (TPSA) is 21.8 Å². The molecule has 0 spiro atoms. The van der Waals surface area contributed by atoms with Crippen LogP contribution in [0.4, 0.5) is 0 Å². The minimum absolute atomic E-state index is 0.618. The Bertz CT molecular complexity index is 223. The van der Waals surface area contributed by atoms with Crippen molar-refractivity contribution in [1.82, 2.24) is 20.2 Å². The minimum atomic E-state index is 0.618. The van der Waals surface area contributed by atoms with Gasteiger partial charge >= 0.3 is 0 Å². The van der Waals surface area contributed by atoms with Crippen LogP contribution in [0.1, 0.15) is 20.3 Å². The fourth-order valence-corrected chi connectivity index (χ4v) is 2.72. The lowest BCUT2D eigenvalue weighted by Gasteiger charge is -2.38. The monoisotopic (exact) mass is 240 g/mol. The Morgan fingerprint density at radius 2 is 1.76 bits per heavy atom. The average molecular weight is 240 g/mol. The Hall–Kier alpha value is -0.160. The molecule has 0 saturated carbocycles. The van der Waals surface area contributed by atoms with E-state index >= 15 is 0 Å². The second-order valence-electron chi connectivity index (χ2n) is 5.89. The zero-order valence-corrected chi connectivity index (χ0v) is 11.7. The van der Waals surface area contributed by atoms with Gasteiger partial charge in [-0.3, -0.25) is 0 Å². The van der Waals surface area contributed by atoms with Crippen molar-refractivity contribution in [2.75, 3.05) is 52.9 Å². The highest BCUT2D eigenvalue weighted by Crippen LogP contribution is 2.18. The molecule has 1 atom stereocenters. The molecule has 2 aliphatic heterocycles. The number of rotatable bonds is 4. The molecule has 1 N–H and O–H groups in total. The molecule has 2 heterocycles. The molecule has 0 aromatic carbocycles. The molecule has 0 bridgehead atoms. The van der Waals surface area contributed by atoms with Crippen molar-refractivity contribution in [3.63, 3.8) is 0 Å². The van der Waals surface area contributed by atoms with Gasteiger partial charge in [0.25, 0.3) is 0 Å². The maximum atomic E-state index is 3.56. The van der Waals surface area contributed by atoms with E-state index in [1.165, 1.54) is 52.2 Å². The van der Waals surface area contributed by atoms with Crippen LogP contribution in [0.3, 0.4) is 0 Å². The van der Waals surface area contributed by atoms with E-state index < -0.39 is 0 Å². The highest BCUT2D eigenvalue weighted by molar-refractivity contribution is 4.78. The van der Waals surface area contributed by atoms with Crippen molar-refractivity contribution in [3.05, 3.63) is 0 Å². The minimum Gasteiger partial charge on any atom is -0.314 e. The van der Waals surface area contributed by atoms with Crippen LogP contribution in [-0.4, -0.2) is 73.8 Å². The standard InChI is InChI=1S/C13H28N4/c1-12(2)14-10-13-4-5-17(11-13)16-8-6-15(3)7-9-16/h12-14H,4-11H2,1-3H3. The summed E-state index contributed by atoms with van der Waals surface area (Å²) in [5, 5.41) is 8.71. The third-order valence-corrected chi connectivity index (χ3v) is 3.96. The van der Waals surface area contributed by atoms with Gasteiger partial charge in [-0.1, -0.05) is 13.8 Å². The quantitative estimate of drug-likeness (QED) is 0.771. The van der Waals surface area contributed by atoms with Gasteiger partial charge in [0.1, 0.15) is 0 Å². The second-order valence-corrected chi connectivity index (χ2v) is 5.89. The van der Waals surface area contributed by atoms with Gasteiger partial charge in [0, 0.05) is 45.3 Å². The first-order chi connectivity index (χ1) is 8.15. The van der Waals surface area contributed by atoms with Gasteiger partial charge < -0.3 is 10.2 Å². The third kappa shape index (κ3) is 3.91. The van der Waals surface area contributed by atoms with E-state index in [4.69, 9.17) is 0 Å². The van der Waals surface area contributed by atoms with Gasteiger partial charge in [-0.05, 0) is 25.9 Å². The summed E-state index contributed by atoms with van der Waals surface area (Å²) >= 11 is 0. The van der Waals surface area contributed by atoms with E-state index in [9.17, 15) is 0 Å². The van der Waals surface area contributed by atoms with Crippen LogP contribution in [-0.2, 0) is 0 Å². The number of likely N-dealkylation sites (N-methyl/N-ethyl adjacent to an activating group) is 1. The van der Waals surface area contributed by atoms with Gasteiger partial charge in [0.05, 0.1) is 0 Å². The van der Waals surface area contributed by atoms with E-state index in [-0.39, 0.29) is 0 Å². The number of nitrogens with zero attached hydrogens (tertiary/aromatic N) is 3. The summed E-state index contributed by atoms with van der Waals surface area (Å²) < 4.78 is 0. The largest absolute Gasteiger partial charge is 0.314 e. The van der Waals surface area contributed by atoms with Crippen molar-refractivity contribution in [2.45, 2.75) is 26.3 Å². The summed E-state index contributed by atoms with van der Waals surface area (Å²) in [4.78, 5) is 2.42. The molecule has 2 fully saturated rings. The van der Waals surface area contributed by atoms with Crippen molar-refractivity contribution < 1.29 is 0 Å². The van der Waals surface area contributed by atoms with E-state index in [1.54, 1.807) is 0 Å². The van der Waals surface area contributed by atoms with E-state index in [0.29, 0.717) is 6.04 Å². The maximum absolute atomic E-state index is 3.56. The van der Waals surface area contributed by atoms with Crippen molar-refractivity contribution >= 4 is 0 Å². The van der Waals surface area contributed by atoms with Crippen LogP contribution in [0.15, 0.2) is 0 Å². The highest BCUT2D eigenvalue weighted by Gasteiger charge is 2.28. The molecule has 4 heteroatoms. The first kappa shape index (κ1) is 13.3. The summed E-state index contributed by atoms with van der Waals surface area (Å²) in [5.41, 5.74) is 0. The first-order valence-corrected chi connectivity index (χ1v) is 7.07. The number of hydrogen-bond acceptors (Lipinski definition) is 4. The first-order valence-electron chi connectivity index (χ1n) is 7.07. The average Bonchev–Trinajstić information content (AvgIpc) is 2.76. The normalized spacial score (nSPS) is 29.3. The van der Waals surface area contributed by atoms with Crippen molar-refractivity contribution in [2.24, 2.45) is 5.92 Å². The molecule has 0 aromatic rings. The molecule has 0 radical (unpaired) electrons. The van der Waals surface area contributed by atoms with Crippen LogP contribution in [0.2, 0.25) is 0 Å². The number of nitrogens with one attached hydrogen (secondary N) is 1. The van der Waals surface area contributed by atoms with Crippen LogP contribution in [0, 0.1) is 5.92 Å². The molecule has 2 saturated heterocycles. The molecule has 2 aliphatic rings. The van der Waals surface area contributed by atoms with Gasteiger partial charge in [-0.2, -0.15) is 0 Å². The predicted molar refractivity (Wildman–Crippen MR) is 71.9 cm³/mol. The lowest BCUT2D eigenvalue weighted by Crippen LogP contribution is -2.52. The van der Waals surface area contributed by atoms with Crippen molar-refractivity contribution in [1.29, 1.82) is 0 Å². The molecular weight excluding hydrogens is 212 g/mol. The van der Waals surface area contributed by atoms with Gasteiger partial charge in [0.15, 0.2) is 0 Å². The second kappa shape index (κ2) is 6.14. The smallest absolute Gasteiger partial charge is 0.0261 e. The molecule has 17 heavy (non-hydrogen) atoms. The Balaban J connectivity index is 1.70. The summed E-state index contributed by atoms with van der Waals surface area (Å²) in [6, 6.07) is 0.618. The fourth-order valence-electron chi connectivity index (χ4n) is 2.72. The zero-order chi connectivity index (χ0) is 12.3. The molecule has 0 aliphatic carbocycles. The summed E-state index contributed by atoms with van der Waals surface area (Å²) in [7, 11) is 2.22. The van der Waals surface area contributed by atoms with Gasteiger partial charge in [-0.25, -0.2) is 10.0 Å². The molecule has 0 amide bonds.